The highest BCUT2D eigenvalue weighted by Gasteiger charge is 2.32. The Labute approximate surface area is 179 Å². The van der Waals surface area contributed by atoms with E-state index < -0.39 is 0 Å². The zero-order valence-electron chi connectivity index (χ0n) is 18.1. The van der Waals surface area contributed by atoms with Crippen molar-refractivity contribution in [1.82, 2.24) is 15.5 Å². The molecule has 0 saturated carbocycles. The Kier molecular flexibility index (Phi) is 8.51. The molecule has 2 N–H and O–H groups in total. The second-order valence-corrected chi connectivity index (χ2v) is 9.12. The van der Waals surface area contributed by atoms with Crippen molar-refractivity contribution in [1.29, 1.82) is 0 Å². The summed E-state index contributed by atoms with van der Waals surface area (Å²) >= 11 is 1.94. The predicted molar refractivity (Wildman–Crippen MR) is 122 cm³/mol. The second kappa shape index (κ2) is 11.1. The highest BCUT2D eigenvalue weighted by molar-refractivity contribution is 8.00. The predicted octanol–water partition coefficient (Wildman–Crippen LogP) is 2.91. The van der Waals surface area contributed by atoms with E-state index in [4.69, 9.17) is 9.47 Å². The topological polar surface area (TPSA) is 58.1 Å². The van der Waals surface area contributed by atoms with Crippen LogP contribution in [0.3, 0.4) is 0 Å². The lowest BCUT2D eigenvalue weighted by Gasteiger charge is -2.36. The summed E-state index contributed by atoms with van der Waals surface area (Å²) in [7, 11) is 3.58. The first-order valence-corrected chi connectivity index (χ1v) is 11.9. The number of nitrogens with one attached hydrogen (secondary N) is 2. The molecule has 2 aliphatic rings. The normalized spacial score (nSPS) is 21.0. The number of thioether (sulfide) groups is 1. The summed E-state index contributed by atoms with van der Waals surface area (Å²) in [5.74, 6) is 1.78. The molecule has 6 nitrogen and oxygen atoms in total. The Morgan fingerprint density at radius 1 is 1.28 bits per heavy atom. The molecule has 0 bridgehead atoms. The number of rotatable bonds is 8. The number of hydrogen-bond acceptors (Lipinski definition) is 5. The molecule has 2 saturated heterocycles. The third kappa shape index (κ3) is 6.03. The van der Waals surface area contributed by atoms with Gasteiger partial charge in [-0.1, -0.05) is 12.1 Å². The van der Waals surface area contributed by atoms with Crippen molar-refractivity contribution in [2.75, 3.05) is 59.8 Å². The fourth-order valence-corrected chi connectivity index (χ4v) is 5.01. The van der Waals surface area contributed by atoms with Gasteiger partial charge in [-0.15, -0.1) is 0 Å². The van der Waals surface area contributed by atoms with Crippen LogP contribution in [0.15, 0.2) is 29.3 Å². The Morgan fingerprint density at radius 2 is 2.03 bits per heavy atom. The molecule has 2 aliphatic heterocycles. The molecule has 0 aliphatic carbocycles. The monoisotopic (exact) mass is 420 g/mol. The molecule has 0 aromatic heterocycles. The summed E-state index contributed by atoms with van der Waals surface area (Å²) in [6.45, 7) is 5.71. The number of ether oxygens (including phenoxy) is 2. The minimum Gasteiger partial charge on any atom is -0.497 e. The fourth-order valence-electron chi connectivity index (χ4n) is 4.22. The van der Waals surface area contributed by atoms with Crippen LogP contribution >= 0.6 is 11.8 Å². The first kappa shape index (κ1) is 22.2. The Bertz CT molecular complexity index is 658. The fraction of sp³-hybridized carbons (Fsp3) is 0.682. The van der Waals surface area contributed by atoms with Crippen molar-refractivity contribution >= 4 is 17.7 Å². The molecule has 2 fully saturated rings. The van der Waals surface area contributed by atoms with Crippen molar-refractivity contribution in [3.05, 3.63) is 29.8 Å². The molecule has 0 spiro atoms. The molecule has 7 heteroatoms. The van der Waals surface area contributed by atoms with E-state index in [-0.39, 0.29) is 4.75 Å². The minimum absolute atomic E-state index is 0.233. The molecule has 1 aromatic carbocycles. The first-order chi connectivity index (χ1) is 14.2. The molecule has 1 aromatic rings. The van der Waals surface area contributed by atoms with Crippen molar-refractivity contribution in [2.45, 2.75) is 36.5 Å². The number of benzene rings is 1. The van der Waals surface area contributed by atoms with E-state index in [0.29, 0.717) is 6.04 Å². The number of nitrogens with zero attached hydrogens (tertiary/aromatic N) is 2. The largest absolute Gasteiger partial charge is 0.497 e. The standard InChI is InChI=1S/C22H36N4O2S/c1-23-21(25-17-22(29-3)9-13-28-14-10-22)24-16-20(26-11-4-5-12-26)18-7-6-8-19(15-18)27-2/h6-8,15,20H,4-5,9-14,16-17H2,1-3H3,(H2,23,24,25). The maximum atomic E-state index is 5.56. The van der Waals surface area contributed by atoms with Gasteiger partial charge in [-0.05, 0) is 62.7 Å². The molecule has 2 heterocycles. The van der Waals surface area contributed by atoms with E-state index >= 15 is 0 Å². The minimum atomic E-state index is 0.233. The molecule has 162 valence electrons. The van der Waals surface area contributed by atoms with Gasteiger partial charge in [0, 0.05) is 38.1 Å². The number of aliphatic imine (C=N–C) groups is 1. The molecule has 29 heavy (non-hydrogen) atoms. The Morgan fingerprint density at radius 3 is 2.69 bits per heavy atom. The van der Waals surface area contributed by atoms with Gasteiger partial charge in [0.15, 0.2) is 5.96 Å². The van der Waals surface area contributed by atoms with E-state index in [1.54, 1.807) is 7.11 Å². The number of likely N-dealkylation sites (tertiary alicyclic amines) is 1. The van der Waals surface area contributed by atoms with Gasteiger partial charge < -0.3 is 20.1 Å². The zero-order chi connectivity index (χ0) is 20.5. The quantitative estimate of drug-likeness (QED) is 0.498. The van der Waals surface area contributed by atoms with Crippen LogP contribution in [0.5, 0.6) is 5.75 Å². The van der Waals surface area contributed by atoms with Crippen molar-refractivity contribution in [3.63, 3.8) is 0 Å². The van der Waals surface area contributed by atoms with E-state index in [1.165, 1.54) is 18.4 Å². The van der Waals surface area contributed by atoms with Gasteiger partial charge in [0.25, 0.3) is 0 Å². The van der Waals surface area contributed by atoms with Gasteiger partial charge in [-0.2, -0.15) is 11.8 Å². The van der Waals surface area contributed by atoms with Crippen LogP contribution in [0.2, 0.25) is 0 Å². The van der Waals surface area contributed by atoms with Gasteiger partial charge in [0.05, 0.1) is 13.2 Å². The van der Waals surface area contributed by atoms with E-state index in [1.807, 2.05) is 24.9 Å². The van der Waals surface area contributed by atoms with Crippen LogP contribution in [0.4, 0.5) is 0 Å². The van der Waals surface area contributed by atoms with Gasteiger partial charge in [0.1, 0.15) is 5.75 Å². The lowest BCUT2D eigenvalue weighted by atomic mass is 9.99. The van der Waals surface area contributed by atoms with Gasteiger partial charge >= 0.3 is 0 Å². The number of guanidine groups is 1. The molecule has 0 radical (unpaired) electrons. The molecule has 1 unspecified atom stereocenters. The molecule has 0 amide bonds. The van der Waals surface area contributed by atoms with Gasteiger partial charge in [-0.25, -0.2) is 0 Å². The van der Waals surface area contributed by atoms with Gasteiger partial charge in [0.2, 0.25) is 0 Å². The summed E-state index contributed by atoms with van der Waals surface area (Å²) in [4.78, 5) is 7.04. The molecule has 1 atom stereocenters. The van der Waals surface area contributed by atoms with Crippen LogP contribution < -0.4 is 15.4 Å². The summed E-state index contributed by atoms with van der Waals surface area (Å²) < 4.78 is 11.3. The van der Waals surface area contributed by atoms with Crippen LogP contribution in [0.25, 0.3) is 0 Å². The lowest BCUT2D eigenvalue weighted by molar-refractivity contribution is 0.0782. The van der Waals surface area contributed by atoms with Crippen molar-refractivity contribution in [2.24, 2.45) is 4.99 Å². The van der Waals surface area contributed by atoms with E-state index in [2.05, 4.69) is 45.0 Å². The van der Waals surface area contributed by atoms with Crippen LogP contribution in [0.1, 0.15) is 37.3 Å². The van der Waals surface area contributed by atoms with Crippen LogP contribution in [-0.4, -0.2) is 75.4 Å². The summed E-state index contributed by atoms with van der Waals surface area (Å²) in [5, 5.41) is 7.15. The Hall–Kier alpha value is -1.44. The number of methoxy groups -OCH3 is 1. The highest BCUT2D eigenvalue weighted by atomic mass is 32.2. The van der Waals surface area contributed by atoms with E-state index in [0.717, 1.165) is 63.9 Å². The van der Waals surface area contributed by atoms with Crippen molar-refractivity contribution < 1.29 is 9.47 Å². The van der Waals surface area contributed by atoms with Gasteiger partial charge in [-0.3, -0.25) is 9.89 Å². The lowest BCUT2D eigenvalue weighted by Crippen LogP contribution is -2.49. The van der Waals surface area contributed by atoms with Crippen LogP contribution in [0, 0.1) is 0 Å². The Balaban J connectivity index is 1.62. The summed E-state index contributed by atoms with van der Waals surface area (Å²) in [5.41, 5.74) is 1.29. The maximum Gasteiger partial charge on any atom is 0.191 e. The average molecular weight is 421 g/mol. The smallest absolute Gasteiger partial charge is 0.191 e. The SMILES string of the molecule is CN=C(NCC(c1cccc(OC)c1)N1CCCC1)NCC1(SC)CCOCC1. The molecular weight excluding hydrogens is 384 g/mol. The second-order valence-electron chi connectivity index (χ2n) is 7.84. The van der Waals surface area contributed by atoms with E-state index in [9.17, 15) is 0 Å². The maximum absolute atomic E-state index is 5.56. The summed E-state index contributed by atoms with van der Waals surface area (Å²) in [6, 6.07) is 8.76. The van der Waals surface area contributed by atoms with Crippen LogP contribution in [-0.2, 0) is 4.74 Å². The average Bonchev–Trinajstić information content (AvgIpc) is 3.31. The molecule has 3 rings (SSSR count). The summed E-state index contributed by atoms with van der Waals surface area (Å²) in [6.07, 6.45) is 6.91. The van der Waals surface area contributed by atoms with Crippen molar-refractivity contribution in [3.8, 4) is 5.75 Å². The third-order valence-electron chi connectivity index (χ3n) is 6.16. The number of hydrogen-bond donors (Lipinski definition) is 2. The highest BCUT2D eigenvalue weighted by Crippen LogP contribution is 2.33. The third-order valence-corrected chi connectivity index (χ3v) is 7.58. The molecular formula is C22H36N4O2S. The zero-order valence-corrected chi connectivity index (χ0v) is 18.9. The first-order valence-electron chi connectivity index (χ1n) is 10.6.